The van der Waals surface area contributed by atoms with Crippen LogP contribution in [0, 0.1) is 0 Å². The average molecular weight is 267 g/mol. The van der Waals surface area contributed by atoms with Gasteiger partial charge in [-0.1, -0.05) is 0 Å². The Hall–Kier alpha value is -0.600. The van der Waals surface area contributed by atoms with Gasteiger partial charge in [0.25, 0.3) is 0 Å². The number of amides is 2. The summed E-state index contributed by atoms with van der Waals surface area (Å²) in [6.07, 6.45) is -4.34. The number of hydrogen-bond acceptors (Lipinski definition) is 5. The zero-order valence-corrected chi connectivity index (χ0v) is 9.75. The average Bonchev–Trinajstić information content (AvgIpc) is 2.59. The lowest BCUT2D eigenvalue weighted by Gasteiger charge is -2.35. The van der Waals surface area contributed by atoms with Crippen LogP contribution in [0.15, 0.2) is 0 Å². The number of rotatable bonds is 2. The standard InChI is InChI=1S/C9H15ClN2O5/c10-4-1-11-9(16)12(2-4)8-7(15)6(14)5(3-13)17-8/h4-8,13-15H,1-3H2,(H,11,16)/t4?,5-,6-,7-,8-/m1/s1. The summed E-state index contributed by atoms with van der Waals surface area (Å²) in [5, 5.41) is 30.6. The summed E-state index contributed by atoms with van der Waals surface area (Å²) in [6, 6.07) is -0.406. The second kappa shape index (κ2) is 4.95. The third-order valence-corrected chi connectivity index (χ3v) is 3.25. The van der Waals surface area contributed by atoms with E-state index in [9.17, 15) is 15.0 Å². The minimum Gasteiger partial charge on any atom is -0.394 e. The Bertz CT molecular complexity index is 305. The van der Waals surface area contributed by atoms with Gasteiger partial charge < -0.3 is 25.4 Å². The van der Waals surface area contributed by atoms with Gasteiger partial charge in [-0.05, 0) is 0 Å². The molecule has 2 saturated heterocycles. The van der Waals surface area contributed by atoms with Crippen LogP contribution in [-0.2, 0) is 4.74 Å². The number of nitrogens with one attached hydrogen (secondary N) is 1. The topological polar surface area (TPSA) is 102 Å². The van der Waals surface area contributed by atoms with Crippen molar-refractivity contribution >= 4 is 17.6 Å². The molecule has 0 aliphatic carbocycles. The minimum atomic E-state index is -1.25. The van der Waals surface area contributed by atoms with E-state index in [4.69, 9.17) is 21.4 Å². The zero-order chi connectivity index (χ0) is 12.6. The van der Waals surface area contributed by atoms with Gasteiger partial charge in [-0.15, -0.1) is 11.6 Å². The Morgan fingerprint density at radius 3 is 2.76 bits per heavy atom. The van der Waals surface area contributed by atoms with E-state index in [1.807, 2.05) is 0 Å². The van der Waals surface area contributed by atoms with E-state index in [1.54, 1.807) is 0 Å². The van der Waals surface area contributed by atoms with E-state index in [0.29, 0.717) is 6.54 Å². The molecule has 2 aliphatic rings. The van der Waals surface area contributed by atoms with Crippen molar-refractivity contribution in [2.75, 3.05) is 19.7 Å². The van der Waals surface area contributed by atoms with Crippen molar-refractivity contribution in [2.45, 2.75) is 29.9 Å². The fraction of sp³-hybridized carbons (Fsp3) is 0.889. The van der Waals surface area contributed by atoms with Gasteiger partial charge in [-0.3, -0.25) is 4.90 Å². The molecule has 98 valence electrons. The summed E-state index contributed by atoms with van der Waals surface area (Å²) in [7, 11) is 0. The van der Waals surface area contributed by atoms with E-state index in [-0.39, 0.29) is 11.9 Å². The summed E-state index contributed by atoms with van der Waals surface area (Å²) in [6.45, 7) is 0.153. The third kappa shape index (κ3) is 2.34. The number of carbonyl (C=O) groups is 1. The Kier molecular flexibility index (Phi) is 3.74. The fourth-order valence-corrected chi connectivity index (χ4v) is 2.24. The minimum absolute atomic E-state index is 0.222. The van der Waals surface area contributed by atoms with Gasteiger partial charge in [0.05, 0.1) is 12.0 Å². The highest BCUT2D eigenvalue weighted by molar-refractivity contribution is 6.21. The monoisotopic (exact) mass is 266 g/mol. The quantitative estimate of drug-likeness (QED) is 0.436. The molecule has 1 unspecified atom stereocenters. The first kappa shape index (κ1) is 12.8. The maximum absolute atomic E-state index is 11.6. The second-order valence-electron chi connectivity index (χ2n) is 4.16. The first-order valence-corrected chi connectivity index (χ1v) is 5.79. The van der Waals surface area contributed by atoms with E-state index in [0.717, 1.165) is 0 Å². The van der Waals surface area contributed by atoms with Crippen molar-refractivity contribution in [2.24, 2.45) is 0 Å². The molecule has 0 aromatic heterocycles. The van der Waals surface area contributed by atoms with Gasteiger partial charge in [0.2, 0.25) is 0 Å². The van der Waals surface area contributed by atoms with E-state index >= 15 is 0 Å². The number of halogens is 1. The number of alkyl halides is 1. The molecule has 7 nitrogen and oxygen atoms in total. The molecule has 5 atom stereocenters. The van der Waals surface area contributed by atoms with Crippen LogP contribution in [0.4, 0.5) is 4.79 Å². The first-order valence-electron chi connectivity index (χ1n) is 5.35. The van der Waals surface area contributed by atoms with Crippen LogP contribution in [0.3, 0.4) is 0 Å². The molecule has 0 aromatic carbocycles. The predicted octanol–water partition coefficient (Wildman–Crippen LogP) is -1.94. The van der Waals surface area contributed by atoms with Crippen molar-refractivity contribution < 1.29 is 24.9 Å². The molecular weight excluding hydrogens is 252 g/mol. The highest BCUT2D eigenvalue weighted by atomic mass is 35.5. The lowest BCUT2D eigenvalue weighted by molar-refractivity contribution is -0.0815. The van der Waals surface area contributed by atoms with Crippen LogP contribution in [0.1, 0.15) is 0 Å². The summed E-state index contributed by atoms with van der Waals surface area (Å²) in [5.74, 6) is 0. The Balaban J connectivity index is 2.09. The summed E-state index contributed by atoms with van der Waals surface area (Å²) < 4.78 is 5.25. The Labute approximate surface area is 103 Å². The van der Waals surface area contributed by atoms with Crippen LogP contribution in [0.5, 0.6) is 0 Å². The van der Waals surface area contributed by atoms with Crippen LogP contribution in [-0.4, -0.2) is 75.9 Å². The summed E-state index contributed by atoms with van der Waals surface area (Å²) >= 11 is 5.90. The van der Waals surface area contributed by atoms with E-state index in [2.05, 4.69) is 5.32 Å². The molecule has 0 radical (unpaired) electrons. The normalized spacial score (nSPS) is 42.7. The molecule has 2 heterocycles. The van der Waals surface area contributed by atoms with Crippen molar-refractivity contribution in [3.8, 4) is 0 Å². The molecule has 0 bridgehead atoms. The van der Waals surface area contributed by atoms with Gasteiger partial charge in [0.1, 0.15) is 18.3 Å². The second-order valence-corrected chi connectivity index (χ2v) is 4.78. The molecule has 0 aromatic rings. The third-order valence-electron chi connectivity index (χ3n) is 2.95. The fourth-order valence-electron chi connectivity index (χ4n) is 2.02. The molecule has 2 amide bonds. The van der Waals surface area contributed by atoms with E-state index < -0.39 is 37.2 Å². The van der Waals surface area contributed by atoms with Gasteiger partial charge in [-0.25, -0.2) is 4.79 Å². The summed E-state index contributed by atoms with van der Waals surface area (Å²) in [5.41, 5.74) is 0. The molecule has 2 aliphatic heterocycles. The molecule has 8 heteroatoms. The van der Waals surface area contributed by atoms with Crippen LogP contribution < -0.4 is 5.32 Å². The molecule has 2 rings (SSSR count). The number of urea groups is 1. The molecule has 0 saturated carbocycles. The highest BCUT2D eigenvalue weighted by Gasteiger charge is 2.47. The molecule has 17 heavy (non-hydrogen) atoms. The smallest absolute Gasteiger partial charge is 0.319 e. The highest BCUT2D eigenvalue weighted by Crippen LogP contribution is 2.25. The Morgan fingerprint density at radius 1 is 1.47 bits per heavy atom. The van der Waals surface area contributed by atoms with Crippen LogP contribution in [0.2, 0.25) is 0 Å². The molecule has 4 N–H and O–H groups in total. The summed E-state index contributed by atoms with van der Waals surface area (Å²) in [4.78, 5) is 12.8. The van der Waals surface area contributed by atoms with Crippen molar-refractivity contribution in [1.82, 2.24) is 10.2 Å². The maximum Gasteiger partial charge on any atom is 0.319 e. The Morgan fingerprint density at radius 2 is 2.18 bits per heavy atom. The number of ether oxygens (including phenoxy) is 1. The number of carbonyl (C=O) groups excluding carboxylic acids is 1. The first-order chi connectivity index (χ1) is 8.04. The SMILES string of the molecule is O=C1NCC(Cl)CN1[C@@H]1O[C@H](CO)[C@@H](O)[C@H]1O. The molecule has 0 spiro atoms. The zero-order valence-electron chi connectivity index (χ0n) is 8.99. The van der Waals surface area contributed by atoms with Crippen LogP contribution in [0.25, 0.3) is 0 Å². The lowest BCUT2D eigenvalue weighted by atomic mass is 10.1. The van der Waals surface area contributed by atoms with Gasteiger partial charge in [-0.2, -0.15) is 0 Å². The van der Waals surface area contributed by atoms with Gasteiger partial charge in [0, 0.05) is 13.1 Å². The van der Waals surface area contributed by atoms with Crippen LogP contribution >= 0.6 is 11.6 Å². The number of nitrogens with zero attached hydrogens (tertiary/aromatic N) is 1. The maximum atomic E-state index is 11.6. The van der Waals surface area contributed by atoms with Crippen molar-refractivity contribution in [1.29, 1.82) is 0 Å². The van der Waals surface area contributed by atoms with Gasteiger partial charge in [0.15, 0.2) is 6.23 Å². The van der Waals surface area contributed by atoms with Crippen molar-refractivity contribution in [3.63, 3.8) is 0 Å². The predicted molar refractivity (Wildman–Crippen MR) is 57.5 cm³/mol. The lowest BCUT2D eigenvalue weighted by Crippen LogP contribution is -2.58. The largest absolute Gasteiger partial charge is 0.394 e. The molecule has 2 fully saturated rings. The molecular formula is C9H15ClN2O5. The number of aliphatic hydroxyl groups excluding tert-OH is 3. The number of aliphatic hydroxyl groups is 3. The van der Waals surface area contributed by atoms with E-state index in [1.165, 1.54) is 4.90 Å². The number of hydrogen-bond donors (Lipinski definition) is 4. The van der Waals surface area contributed by atoms with Gasteiger partial charge >= 0.3 is 6.03 Å². The van der Waals surface area contributed by atoms with Crippen molar-refractivity contribution in [3.05, 3.63) is 0 Å².